The Morgan fingerprint density at radius 1 is 1.42 bits per heavy atom. The molecule has 5 heteroatoms. The predicted octanol–water partition coefficient (Wildman–Crippen LogP) is 2.45. The topological polar surface area (TPSA) is 42.7 Å². The SMILES string of the molecule is CCC1NCCn2c(-c3ccc(F)cc3C)nnc21. The molecule has 2 aromatic rings. The third-order valence-corrected chi connectivity index (χ3v) is 3.65. The standard InChI is InChI=1S/C14H17FN4/c1-3-12-14-18-17-13(19(14)7-6-16-12)11-5-4-10(15)8-9(11)2/h4-5,8,12,16H,3,6-7H2,1-2H3. The molecule has 1 atom stereocenters. The van der Waals surface area contributed by atoms with Crippen LogP contribution in [-0.2, 0) is 6.54 Å². The fourth-order valence-corrected chi connectivity index (χ4v) is 2.64. The third kappa shape index (κ3) is 2.04. The lowest BCUT2D eigenvalue weighted by atomic mass is 10.1. The van der Waals surface area contributed by atoms with E-state index in [4.69, 9.17) is 0 Å². The molecule has 1 aromatic heterocycles. The van der Waals surface area contributed by atoms with Crippen LogP contribution in [0.1, 0.15) is 30.8 Å². The Hall–Kier alpha value is -1.75. The van der Waals surface area contributed by atoms with Crippen LogP contribution in [0, 0.1) is 12.7 Å². The van der Waals surface area contributed by atoms with E-state index in [-0.39, 0.29) is 11.9 Å². The Morgan fingerprint density at radius 2 is 2.26 bits per heavy atom. The molecular weight excluding hydrogens is 243 g/mol. The van der Waals surface area contributed by atoms with Crippen LogP contribution in [-0.4, -0.2) is 21.3 Å². The molecule has 1 aliphatic rings. The molecule has 0 radical (unpaired) electrons. The van der Waals surface area contributed by atoms with Gasteiger partial charge in [-0.15, -0.1) is 10.2 Å². The summed E-state index contributed by atoms with van der Waals surface area (Å²) in [4.78, 5) is 0. The molecule has 19 heavy (non-hydrogen) atoms. The second-order valence-corrected chi connectivity index (χ2v) is 4.91. The van der Waals surface area contributed by atoms with Gasteiger partial charge in [-0.25, -0.2) is 4.39 Å². The van der Waals surface area contributed by atoms with Crippen LogP contribution < -0.4 is 5.32 Å². The summed E-state index contributed by atoms with van der Waals surface area (Å²) in [5.41, 5.74) is 1.85. The van der Waals surface area contributed by atoms with Crippen LogP contribution in [0.5, 0.6) is 0 Å². The Kier molecular flexibility index (Phi) is 3.06. The Labute approximate surface area is 111 Å². The van der Waals surface area contributed by atoms with E-state index < -0.39 is 0 Å². The molecule has 1 N–H and O–H groups in total. The van der Waals surface area contributed by atoms with Gasteiger partial charge in [-0.05, 0) is 37.1 Å². The van der Waals surface area contributed by atoms with Gasteiger partial charge >= 0.3 is 0 Å². The summed E-state index contributed by atoms with van der Waals surface area (Å²) in [6, 6.07) is 5.05. The van der Waals surface area contributed by atoms with E-state index in [1.165, 1.54) is 12.1 Å². The minimum atomic E-state index is -0.215. The molecule has 0 amide bonds. The summed E-state index contributed by atoms with van der Waals surface area (Å²) >= 11 is 0. The molecule has 0 saturated carbocycles. The molecule has 1 unspecified atom stereocenters. The van der Waals surface area contributed by atoms with Gasteiger partial charge in [0.15, 0.2) is 11.6 Å². The van der Waals surface area contributed by atoms with Crippen LogP contribution in [0.4, 0.5) is 4.39 Å². The molecule has 3 rings (SSSR count). The van der Waals surface area contributed by atoms with Gasteiger partial charge in [0.25, 0.3) is 0 Å². The first-order chi connectivity index (χ1) is 9.20. The van der Waals surface area contributed by atoms with E-state index in [0.29, 0.717) is 0 Å². The van der Waals surface area contributed by atoms with Crippen LogP contribution in [0.25, 0.3) is 11.4 Å². The van der Waals surface area contributed by atoms with Crippen molar-refractivity contribution in [2.45, 2.75) is 32.9 Å². The van der Waals surface area contributed by atoms with Gasteiger partial charge in [0.2, 0.25) is 0 Å². The molecule has 0 fully saturated rings. The molecule has 0 saturated heterocycles. The highest BCUT2D eigenvalue weighted by atomic mass is 19.1. The number of nitrogens with zero attached hydrogens (tertiary/aromatic N) is 3. The number of fused-ring (bicyclic) bond motifs is 1. The highest BCUT2D eigenvalue weighted by Crippen LogP contribution is 2.27. The first kappa shape index (κ1) is 12.3. The Bertz CT molecular complexity index is 605. The summed E-state index contributed by atoms with van der Waals surface area (Å²) in [6.07, 6.45) is 0.987. The number of hydrogen-bond acceptors (Lipinski definition) is 3. The van der Waals surface area contributed by atoms with Crippen LogP contribution in [0.15, 0.2) is 18.2 Å². The van der Waals surface area contributed by atoms with Crippen molar-refractivity contribution in [1.82, 2.24) is 20.1 Å². The number of nitrogens with one attached hydrogen (secondary N) is 1. The smallest absolute Gasteiger partial charge is 0.164 e. The van der Waals surface area contributed by atoms with E-state index in [9.17, 15) is 4.39 Å². The van der Waals surface area contributed by atoms with Gasteiger partial charge in [-0.1, -0.05) is 6.92 Å². The quantitative estimate of drug-likeness (QED) is 0.902. The van der Waals surface area contributed by atoms with E-state index in [1.54, 1.807) is 6.07 Å². The highest BCUT2D eigenvalue weighted by Gasteiger charge is 2.24. The van der Waals surface area contributed by atoms with E-state index in [1.807, 2.05) is 6.92 Å². The first-order valence-electron chi connectivity index (χ1n) is 6.63. The number of hydrogen-bond donors (Lipinski definition) is 1. The molecule has 4 nitrogen and oxygen atoms in total. The summed E-state index contributed by atoms with van der Waals surface area (Å²) in [5.74, 6) is 1.60. The van der Waals surface area contributed by atoms with Crippen molar-refractivity contribution >= 4 is 0 Å². The number of aromatic nitrogens is 3. The maximum Gasteiger partial charge on any atom is 0.164 e. The van der Waals surface area contributed by atoms with Gasteiger partial charge in [0.1, 0.15) is 5.82 Å². The van der Waals surface area contributed by atoms with E-state index in [0.717, 1.165) is 42.3 Å². The third-order valence-electron chi connectivity index (χ3n) is 3.65. The zero-order valence-corrected chi connectivity index (χ0v) is 11.2. The Morgan fingerprint density at radius 3 is 3.00 bits per heavy atom. The van der Waals surface area contributed by atoms with E-state index in [2.05, 4.69) is 27.0 Å². The predicted molar refractivity (Wildman–Crippen MR) is 71.2 cm³/mol. The molecule has 2 heterocycles. The molecule has 1 aromatic carbocycles. The minimum Gasteiger partial charge on any atom is -0.308 e. The molecule has 0 spiro atoms. The van der Waals surface area contributed by atoms with Crippen molar-refractivity contribution in [3.05, 3.63) is 35.4 Å². The van der Waals surface area contributed by atoms with Gasteiger partial charge in [0.05, 0.1) is 6.04 Å². The second kappa shape index (κ2) is 4.74. The second-order valence-electron chi connectivity index (χ2n) is 4.91. The maximum atomic E-state index is 13.2. The number of halogens is 1. The van der Waals surface area contributed by atoms with Crippen LogP contribution in [0.3, 0.4) is 0 Å². The average Bonchev–Trinajstić information content (AvgIpc) is 2.82. The molecular formula is C14H17FN4. The van der Waals surface area contributed by atoms with Gasteiger partial charge in [0, 0.05) is 18.7 Å². The zero-order valence-electron chi connectivity index (χ0n) is 11.2. The van der Waals surface area contributed by atoms with Crippen molar-refractivity contribution in [2.75, 3.05) is 6.54 Å². The fourth-order valence-electron chi connectivity index (χ4n) is 2.64. The van der Waals surface area contributed by atoms with Crippen LogP contribution >= 0.6 is 0 Å². The molecule has 0 bridgehead atoms. The van der Waals surface area contributed by atoms with E-state index >= 15 is 0 Å². The summed E-state index contributed by atoms with van der Waals surface area (Å²) in [6.45, 7) is 5.80. The fraction of sp³-hybridized carbons (Fsp3) is 0.429. The molecule has 1 aliphatic heterocycles. The van der Waals surface area contributed by atoms with Gasteiger partial charge in [-0.2, -0.15) is 0 Å². The number of aryl methyl sites for hydroxylation is 1. The highest BCUT2D eigenvalue weighted by molar-refractivity contribution is 5.60. The monoisotopic (exact) mass is 260 g/mol. The lowest BCUT2D eigenvalue weighted by Gasteiger charge is -2.24. The number of rotatable bonds is 2. The summed E-state index contributed by atoms with van der Waals surface area (Å²) in [5, 5.41) is 12.0. The van der Waals surface area contributed by atoms with Crippen molar-refractivity contribution < 1.29 is 4.39 Å². The normalized spacial score (nSPS) is 18.4. The average molecular weight is 260 g/mol. The van der Waals surface area contributed by atoms with Crippen molar-refractivity contribution in [2.24, 2.45) is 0 Å². The first-order valence-corrected chi connectivity index (χ1v) is 6.63. The van der Waals surface area contributed by atoms with Gasteiger partial charge < -0.3 is 9.88 Å². The van der Waals surface area contributed by atoms with Crippen molar-refractivity contribution in [3.8, 4) is 11.4 Å². The lowest BCUT2D eigenvalue weighted by Crippen LogP contribution is -2.33. The summed E-state index contributed by atoms with van der Waals surface area (Å²) < 4.78 is 15.3. The zero-order chi connectivity index (χ0) is 13.4. The van der Waals surface area contributed by atoms with Crippen molar-refractivity contribution in [3.63, 3.8) is 0 Å². The summed E-state index contributed by atoms with van der Waals surface area (Å²) in [7, 11) is 0. The minimum absolute atomic E-state index is 0.215. The van der Waals surface area contributed by atoms with Crippen molar-refractivity contribution in [1.29, 1.82) is 0 Å². The number of benzene rings is 1. The largest absolute Gasteiger partial charge is 0.308 e. The lowest BCUT2D eigenvalue weighted by molar-refractivity contribution is 0.407. The molecule has 100 valence electrons. The van der Waals surface area contributed by atoms with Gasteiger partial charge in [-0.3, -0.25) is 0 Å². The Balaban J connectivity index is 2.09. The maximum absolute atomic E-state index is 13.2. The molecule has 0 aliphatic carbocycles. The van der Waals surface area contributed by atoms with Crippen LogP contribution in [0.2, 0.25) is 0 Å².